The molecular formula is C18H28N2O. The highest BCUT2D eigenvalue weighted by atomic mass is 16.1. The van der Waals surface area contributed by atoms with Gasteiger partial charge in [-0.05, 0) is 37.8 Å². The normalized spacial score (nSPS) is 21.8. The van der Waals surface area contributed by atoms with Crippen molar-refractivity contribution in [2.45, 2.75) is 76.3 Å². The molecule has 2 saturated carbocycles. The fourth-order valence-corrected chi connectivity index (χ4v) is 4.14. The highest BCUT2D eigenvalue weighted by Crippen LogP contribution is 2.30. The second kappa shape index (κ2) is 7.26. The molecule has 0 atom stereocenters. The number of Topliss-reactive ketones (excluding diaryl/α,β-unsaturated/α-hetero) is 1. The number of ketones is 1. The molecule has 3 rings (SSSR count). The second-order valence-corrected chi connectivity index (χ2v) is 6.76. The summed E-state index contributed by atoms with van der Waals surface area (Å²) in [5, 5.41) is 0. The van der Waals surface area contributed by atoms with Crippen molar-refractivity contribution in [3.8, 4) is 0 Å². The first kappa shape index (κ1) is 14.8. The average Bonchev–Trinajstić information content (AvgIpc) is 3.09. The van der Waals surface area contributed by atoms with Crippen LogP contribution in [0.3, 0.4) is 0 Å². The molecule has 1 aromatic heterocycles. The molecule has 1 aromatic rings. The van der Waals surface area contributed by atoms with Gasteiger partial charge in [-0.15, -0.1) is 0 Å². The van der Waals surface area contributed by atoms with Gasteiger partial charge in [0.25, 0.3) is 0 Å². The van der Waals surface area contributed by atoms with Gasteiger partial charge in [0.15, 0.2) is 5.78 Å². The number of hydrogen-bond acceptors (Lipinski definition) is 2. The predicted octanol–water partition coefficient (Wildman–Crippen LogP) is 4.16. The Morgan fingerprint density at radius 3 is 2.05 bits per heavy atom. The Morgan fingerprint density at radius 2 is 1.57 bits per heavy atom. The maximum absolute atomic E-state index is 12.5. The summed E-state index contributed by atoms with van der Waals surface area (Å²) >= 11 is 0. The molecule has 1 N–H and O–H groups in total. The summed E-state index contributed by atoms with van der Waals surface area (Å²) in [5.74, 6) is 0.260. The minimum absolute atomic E-state index is 0.260. The highest BCUT2D eigenvalue weighted by Gasteiger charge is 2.30. The number of carbonyl (C=O) groups is 1. The van der Waals surface area contributed by atoms with E-state index in [4.69, 9.17) is 0 Å². The minimum Gasteiger partial charge on any atom is -0.359 e. The maximum Gasteiger partial charge on any atom is 0.192 e. The van der Waals surface area contributed by atoms with Gasteiger partial charge in [0.1, 0.15) is 0 Å². The Labute approximate surface area is 128 Å². The van der Waals surface area contributed by atoms with Crippen LogP contribution in [-0.2, 0) is 0 Å². The molecule has 2 aliphatic rings. The van der Waals surface area contributed by atoms with Crippen LogP contribution in [0.1, 0.15) is 74.7 Å². The lowest BCUT2D eigenvalue weighted by atomic mass is 9.88. The lowest BCUT2D eigenvalue weighted by Crippen LogP contribution is -2.47. The Kier molecular flexibility index (Phi) is 5.13. The van der Waals surface area contributed by atoms with Crippen LogP contribution in [0.2, 0.25) is 0 Å². The van der Waals surface area contributed by atoms with E-state index in [2.05, 4.69) is 9.88 Å². The topological polar surface area (TPSA) is 36.1 Å². The third kappa shape index (κ3) is 3.76. The van der Waals surface area contributed by atoms with E-state index in [9.17, 15) is 4.79 Å². The van der Waals surface area contributed by atoms with Gasteiger partial charge < -0.3 is 4.98 Å². The largest absolute Gasteiger partial charge is 0.359 e. The molecule has 0 bridgehead atoms. The molecule has 21 heavy (non-hydrogen) atoms. The van der Waals surface area contributed by atoms with E-state index in [0.29, 0.717) is 18.6 Å². The molecule has 0 aliphatic heterocycles. The number of hydrogen-bond donors (Lipinski definition) is 1. The number of aromatic amines is 1. The van der Waals surface area contributed by atoms with E-state index >= 15 is 0 Å². The first-order valence-electron chi connectivity index (χ1n) is 8.77. The molecular weight excluding hydrogens is 260 g/mol. The second-order valence-electron chi connectivity index (χ2n) is 6.76. The summed E-state index contributed by atoms with van der Waals surface area (Å²) in [7, 11) is 0. The summed E-state index contributed by atoms with van der Waals surface area (Å²) in [4.78, 5) is 18.2. The molecule has 116 valence electrons. The molecule has 0 saturated heterocycles. The summed E-state index contributed by atoms with van der Waals surface area (Å²) < 4.78 is 0. The Balaban J connectivity index is 1.69. The molecule has 2 aliphatic carbocycles. The van der Waals surface area contributed by atoms with Crippen molar-refractivity contribution >= 4 is 5.78 Å². The number of nitrogens with zero attached hydrogens (tertiary/aromatic N) is 1. The Morgan fingerprint density at radius 1 is 1.00 bits per heavy atom. The van der Waals surface area contributed by atoms with Gasteiger partial charge in [-0.25, -0.2) is 0 Å². The van der Waals surface area contributed by atoms with Crippen molar-refractivity contribution in [2.24, 2.45) is 0 Å². The molecule has 3 heteroatoms. The lowest BCUT2D eigenvalue weighted by Gasteiger charge is -2.41. The summed E-state index contributed by atoms with van der Waals surface area (Å²) in [6, 6.07) is 5.10. The smallest absolute Gasteiger partial charge is 0.192 e. The number of carbonyl (C=O) groups excluding carboxylic acids is 1. The molecule has 0 spiro atoms. The van der Waals surface area contributed by atoms with E-state index in [1.165, 1.54) is 64.2 Å². The third-order valence-electron chi connectivity index (χ3n) is 5.31. The van der Waals surface area contributed by atoms with E-state index in [1.54, 1.807) is 0 Å². The van der Waals surface area contributed by atoms with Crippen LogP contribution < -0.4 is 0 Å². The van der Waals surface area contributed by atoms with Crippen molar-refractivity contribution in [1.82, 2.24) is 9.88 Å². The van der Waals surface area contributed by atoms with E-state index in [1.807, 2.05) is 18.3 Å². The van der Waals surface area contributed by atoms with Gasteiger partial charge in [-0.3, -0.25) is 9.69 Å². The molecule has 0 aromatic carbocycles. The van der Waals surface area contributed by atoms with Gasteiger partial charge >= 0.3 is 0 Å². The summed E-state index contributed by atoms with van der Waals surface area (Å²) in [6.45, 7) is 0.607. The SMILES string of the molecule is O=C(CN(C1CCCCC1)C1CCCCC1)c1ccc[nH]1. The van der Waals surface area contributed by atoms with E-state index < -0.39 is 0 Å². The van der Waals surface area contributed by atoms with Crippen LogP contribution in [0.15, 0.2) is 18.3 Å². The van der Waals surface area contributed by atoms with Gasteiger partial charge in [-0.1, -0.05) is 38.5 Å². The van der Waals surface area contributed by atoms with Crippen molar-refractivity contribution in [2.75, 3.05) is 6.54 Å². The fourth-order valence-electron chi connectivity index (χ4n) is 4.14. The molecule has 1 heterocycles. The van der Waals surface area contributed by atoms with Crippen molar-refractivity contribution in [3.05, 3.63) is 24.0 Å². The molecule has 0 unspecified atom stereocenters. The van der Waals surface area contributed by atoms with Gasteiger partial charge in [0.05, 0.1) is 12.2 Å². The highest BCUT2D eigenvalue weighted by molar-refractivity contribution is 5.95. The quantitative estimate of drug-likeness (QED) is 0.826. The third-order valence-corrected chi connectivity index (χ3v) is 5.31. The summed E-state index contributed by atoms with van der Waals surface area (Å²) in [6.07, 6.45) is 15.1. The lowest BCUT2D eigenvalue weighted by molar-refractivity contribution is 0.0641. The van der Waals surface area contributed by atoms with Gasteiger partial charge in [-0.2, -0.15) is 0 Å². The zero-order chi connectivity index (χ0) is 14.5. The van der Waals surface area contributed by atoms with Crippen molar-refractivity contribution in [3.63, 3.8) is 0 Å². The fraction of sp³-hybridized carbons (Fsp3) is 0.722. The van der Waals surface area contributed by atoms with Crippen LogP contribution in [-0.4, -0.2) is 34.3 Å². The first-order chi connectivity index (χ1) is 10.3. The first-order valence-corrected chi connectivity index (χ1v) is 8.77. The number of aromatic nitrogens is 1. The van der Waals surface area contributed by atoms with E-state index in [0.717, 1.165) is 5.69 Å². The van der Waals surface area contributed by atoms with Crippen molar-refractivity contribution in [1.29, 1.82) is 0 Å². The molecule has 0 amide bonds. The maximum atomic E-state index is 12.5. The summed E-state index contributed by atoms with van der Waals surface area (Å²) in [5.41, 5.74) is 0.770. The Bertz CT molecular complexity index is 410. The predicted molar refractivity (Wildman–Crippen MR) is 85.6 cm³/mol. The van der Waals surface area contributed by atoms with Crippen LogP contribution in [0.25, 0.3) is 0 Å². The van der Waals surface area contributed by atoms with Gasteiger partial charge in [0, 0.05) is 18.3 Å². The number of rotatable bonds is 5. The standard InChI is InChI=1S/C18H28N2O/c21-18(17-12-7-13-19-17)14-20(15-8-3-1-4-9-15)16-10-5-2-6-11-16/h7,12-13,15-16,19H,1-6,8-11,14H2. The average molecular weight is 288 g/mol. The van der Waals surface area contributed by atoms with Crippen LogP contribution in [0.4, 0.5) is 0 Å². The van der Waals surface area contributed by atoms with Crippen LogP contribution in [0, 0.1) is 0 Å². The van der Waals surface area contributed by atoms with Crippen LogP contribution in [0.5, 0.6) is 0 Å². The van der Waals surface area contributed by atoms with Crippen LogP contribution >= 0.6 is 0 Å². The zero-order valence-corrected chi connectivity index (χ0v) is 13.0. The Hall–Kier alpha value is -1.09. The monoisotopic (exact) mass is 288 g/mol. The molecule has 0 radical (unpaired) electrons. The number of nitrogens with one attached hydrogen (secondary N) is 1. The van der Waals surface area contributed by atoms with Gasteiger partial charge in [0.2, 0.25) is 0 Å². The van der Waals surface area contributed by atoms with Crippen molar-refractivity contribution < 1.29 is 4.79 Å². The minimum atomic E-state index is 0.260. The molecule has 3 nitrogen and oxygen atoms in total. The molecule has 2 fully saturated rings. The van der Waals surface area contributed by atoms with E-state index in [-0.39, 0.29) is 5.78 Å². The number of H-pyrrole nitrogens is 1. The zero-order valence-electron chi connectivity index (χ0n) is 13.0.